The van der Waals surface area contributed by atoms with Gasteiger partial charge in [0.25, 0.3) is 0 Å². The van der Waals surface area contributed by atoms with Gasteiger partial charge in [-0.2, -0.15) is 0 Å². The van der Waals surface area contributed by atoms with E-state index in [1.807, 2.05) is 0 Å². The fourth-order valence-corrected chi connectivity index (χ4v) is 4.73. The van der Waals surface area contributed by atoms with E-state index >= 15 is 0 Å². The van der Waals surface area contributed by atoms with Crippen LogP contribution < -0.4 is 0 Å². The predicted molar refractivity (Wildman–Crippen MR) is 60.1 cm³/mol. The molecular formula is C13H20O4. The molecule has 0 bridgehead atoms. The van der Waals surface area contributed by atoms with Crippen LogP contribution in [0.2, 0.25) is 0 Å². The highest BCUT2D eigenvalue weighted by Gasteiger charge is 2.76. The van der Waals surface area contributed by atoms with Gasteiger partial charge in [-0.3, -0.25) is 4.79 Å². The second-order valence-corrected chi connectivity index (χ2v) is 5.88. The minimum atomic E-state index is -0.996. The van der Waals surface area contributed by atoms with Crippen LogP contribution in [0.4, 0.5) is 0 Å². The minimum Gasteiger partial charge on any atom is -0.458 e. The van der Waals surface area contributed by atoms with Gasteiger partial charge >= 0.3 is 5.97 Å². The van der Waals surface area contributed by atoms with Crippen LogP contribution in [-0.2, 0) is 9.53 Å². The number of aliphatic hydroxyl groups excluding tert-OH is 1. The lowest BCUT2D eigenvalue weighted by Crippen LogP contribution is -2.78. The summed E-state index contributed by atoms with van der Waals surface area (Å²) in [6.45, 7) is 1.43. The molecule has 0 heterocycles. The molecule has 0 aliphatic heterocycles. The number of esters is 1. The van der Waals surface area contributed by atoms with Crippen molar-refractivity contribution in [3.8, 4) is 0 Å². The third-order valence-electron chi connectivity index (χ3n) is 5.19. The summed E-state index contributed by atoms with van der Waals surface area (Å²) in [7, 11) is 0. The van der Waals surface area contributed by atoms with Crippen LogP contribution in [-0.4, -0.2) is 33.5 Å². The van der Waals surface area contributed by atoms with E-state index in [0.29, 0.717) is 6.42 Å². The van der Waals surface area contributed by atoms with Crippen LogP contribution >= 0.6 is 0 Å². The van der Waals surface area contributed by atoms with Crippen LogP contribution in [0.1, 0.15) is 45.4 Å². The van der Waals surface area contributed by atoms with Crippen molar-refractivity contribution in [2.45, 2.75) is 62.8 Å². The van der Waals surface area contributed by atoms with Gasteiger partial charge in [0, 0.05) is 18.8 Å². The van der Waals surface area contributed by atoms with E-state index in [0.717, 1.165) is 32.1 Å². The number of ether oxygens (including phenoxy) is 1. The SMILES string of the molecule is CC(=O)O[C@@]12CCC[C@H]1[C@]1(O)[C@H](O)CCC[C@@H]21. The third-order valence-corrected chi connectivity index (χ3v) is 5.19. The fourth-order valence-electron chi connectivity index (χ4n) is 4.73. The molecule has 0 amide bonds. The van der Waals surface area contributed by atoms with Crippen molar-refractivity contribution in [2.24, 2.45) is 11.8 Å². The second kappa shape index (κ2) is 3.45. The molecule has 3 rings (SSSR count). The first-order valence-electron chi connectivity index (χ1n) is 6.62. The maximum Gasteiger partial charge on any atom is 0.303 e. The molecule has 3 aliphatic carbocycles. The number of hydrogen-bond acceptors (Lipinski definition) is 4. The Morgan fingerprint density at radius 1 is 1.24 bits per heavy atom. The van der Waals surface area contributed by atoms with E-state index in [4.69, 9.17) is 4.74 Å². The van der Waals surface area contributed by atoms with Crippen LogP contribution in [0.3, 0.4) is 0 Å². The van der Waals surface area contributed by atoms with E-state index < -0.39 is 17.3 Å². The number of hydrogen-bond donors (Lipinski definition) is 2. The largest absolute Gasteiger partial charge is 0.458 e. The van der Waals surface area contributed by atoms with Crippen molar-refractivity contribution in [3.63, 3.8) is 0 Å². The Kier molecular flexibility index (Phi) is 2.33. The standard InChI is InChI=1S/C13H20O4/c1-8(14)17-12-7-3-5-10(12)13(16)9(12)4-2-6-11(13)15/h9-11,15-16H,2-7H2,1H3/t9-,10+,11+,12+,13-/m0/s1. The molecule has 3 aliphatic rings. The van der Waals surface area contributed by atoms with Gasteiger partial charge in [-0.25, -0.2) is 0 Å². The number of carbonyl (C=O) groups excluding carboxylic acids is 1. The lowest BCUT2D eigenvalue weighted by Gasteiger charge is -2.66. The van der Waals surface area contributed by atoms with Crippen LogP contribution in [0, 0.1) is 11.8 Å². The molecule has 4 nitrogen and oxygen atoms in total. The molecule has 0 aromatic carbocycles. The lowest BCUT2D eigenvalue weighted by molar-refractivity contribution is -0.325. The van der Waals surface area contributed by atoms with Crippen LogP contribution in [0.5, 0.6) is 0 Å². The summed E-state index contributed by atoms with van der Waals surface area (Å²) in [5.41, 5.74) is -1.47. The van der Waals surface area contributed by atoms with Gasteiger partial charge < -0.3 is 14.9 Å². The van der Waals surface area contributed by atoms with Crippen molar-refractivity contribution >= 4 is 5.97 Å². The highest BCUT2D eigenvalue weighted by molar-refractivity contribution is 5.67. The van der Waals surface area contributed by atoms with E-state index in [9.17, 15) is 15.0 Å². The fraction of sp³-hybridized carbons (Fsp3) is 0.923. The van der Waals surface area contributed by atoms with E-state index in [1.54, 1.807) is 0 Å². The predicted octanol–water partition coefficient (Wildman–Crippen LogP) is 0.994. The van der Waals surface area contributed by atoms with E-state index in [1.165, 1.54) is 6.92 Å². The first-order valence-corrected chi connectivity index (χ1v) is 6.62. The van der Waals surface area contributed by atoms with Gasteiger partial charge in [-0.05, 0) is 32.1 Å². The zero-order valence-corrected chi connectivity index (χ0v) is 10.2. The highest BCUT2D eigenvalue weighted by Crippen LogP contribution is 2.66. The minimum absolute atomic E-state index is 0.0563. The van der Waals surface area contributed by atoms with Crippen molar-refractivity contribution < 1.29 is 19.7 Å². The van der Waals surface area contributed by atoms with Gasteiger partial charge in [0.2, 0.25) is 0 Å². The van der Waals surface area contributed by atoms with E-state index in [-0.39, 0.29) is 17.8 Å². The molecule has 0 saturated heterocycles. The van der Waals surface area contributed by atoms with Crippen LogP contribution in [0.25, 0.3) is 0 Å². The normalized spacial score (nSPS) is 52.3. The molecule has 96 valence electrons. The summed E-state index contributed by atoms with van der Waals surface area (Å²) >= 11 is 0. The summed E-state index contributed by atoms with van der Waals surface area (Å²) in [5.74, 6) is -0.381. The molecule has 17 heavy (non-hydrogen) atoms. The Labute approximate surface area is 101 Å². The maximum absolute atomic E-state index is 11.3. The van der Waals surface area contributed by atoms with Gasteiger partial charge in [0.1, 0.15) is 11.2 Å². The Bertz CT molecular complexity index is 355. The molecule has 0 radical (unpaired) electrons. The zero-order valence-electron chi connectivity index (χ0n) is 10.2. The Balaban J connectivity index is 1.93. The van der Waals surface area contributed by atoms with Crippen molar-refractivity contribution in [3.05, 3.63) is 0 Å². The molecule has 2 N–H and O–H groups in total. The zero-order chi connectivity index (χ0) is 12.3. The number of carbonyl (C=O) groups is 1. The van der Waals surface area contributed by atoms with Gasteiger partial charge in [-0.1, -0.05) is 6.42 Å². The summed E-state index contributed by atoms with van der Waals surface area (Å²) < 4.78 is 5.57. The number of rotatable bonds is 1. The van der Waals surface area contributed by atoms with E-state index in [2.05, 4.69) is 0 Å². The van der Waals surface area contributed by atoms with Crippen molar-refractivity contribution in [1.29, 1.82) is 0 Å². The summed E-state index contributed by atoms with van der Waals surface area (Å²) in [5, 5.41) is 20.8. The maximum atomic E-state index is 11.3. The van der Waals surface area contributed by atoms with Crippen molar-refractivity contribution in [1.82, 2.24) is 0 Å². The van der Waals surface area contributed by atoms with Gasteiger partial charge in [0.05, 0.1) is 6.10 Å². The first kappa shape index (κ1) is 11.5. The molecule has 0 spiro atoms. The van der Waals surface area contributed by atoms with Gasteiger partial charge in [0.15, 0.2) is 0 Å². The number of aliphatic hydroxyl groups is 2. The van der Waals surface area contributed by atoms with Crippen molar-refractivity contribution in [2.75, 3.05) is 0 Å². The highest BCUT2D eigenvalue weighted by atomic mass is 16.6. The summed E-state index contributed by atoms with van der Waals surface area (Å²) in [6.07, 6.45) is 4.46. The number of fused-ring (bicyclic) bond motifs is 4. The Hall–Kier alpha value is -0.610. The molecule has 3 saturated carbocycles. The first-order chi connectivity index (χ1) is 8.02. The Morgan fingerprint density at radius 3 is 2.53 bits per heavy atom. The monoisotopic (exact) mass is 240 g/mol. The molecular weight excluding hydrogens is 220 g/mol. The molecule has 5 atom stereocenters. The Morgan fingerprint density at radius 2 is 1.88 bits per heavy atom. The summed E-state index contributed by atoms with van der Waals surface area (Å²) in [4.78, 5) is 11.3. The molecule has 0 aromatic rings. The molecule has 0 aromatic heterocycles. The lowest BCUT2D eigenvalue weighted by atomic mass is 9.46. The quantitative estimate of drug-likeness (QED) is 0.671. The average Bonchev–Trinajstić information content (AvgIpc) is 2.62. The third kappa shape index (κ3) is 1.23. The summed E-state index contributed by atoms with van der Waals surface area (Å²) in [6, 6.07) is 0. The average molecular weight is 240 g/mol. The van der Waals surface area contributed by atoms with Crippen LogP contribution in [0.15, 0.2) is 0 Å². The molecule has 0 unspecified atom stereocenters. The topological polar surface area (TPSA) is 66.8 Å². The molecule has 4 heteroatoms. The smallest absolute Gasteiger partial charge is 0.303 e. The van der Waals surface area contributed by atoms with Gasteiger partial charge in [-0.15, -0.1) is 0 Å². The molecule has 3 fully saturated rings. The second-order valence-electron chi connectivity index (χ2n) is 5.88.